The highest BCUT2D eigenvalue weighted by Gasteiger charge is 2.23. The van der Waals surface area contributed by atoms with E-state index in [-0.39, 0.29) is 6.61 Å². The molecule has 1 aliphatic heterocycles. The molecule has 1 N–H and O–H groups in total. The van der Waals surface area contributed by atoms with Gasteiger partial charge in [0.05, 0.1) is 10.0 Å². The van der Waals surface area contributed by atoms with E-state index in [1.54, 1.807) is 18.2 Å². The fourth-order valence-electron chi connectivity index (χ4n) is 2.77. The van der Waals surface area contributed by atoms with E-state index in [4.69, 9.17) is 27.9 Å². The van der Waals surface area contributed by atoms with Crippen molar-refractivity contribution in [3.63, 3.8) is 0 Å². The quantitative estimate of drug-likeness (QED) is 0.859. The van der Waals surface area contributed by atoms with Gasteiger partial charge in [-0.1, -0.05) is 29.3 Å². The van der Waals surface area contributed by atoms with Gasteiger partial charge in [0.15, 0.2) is 5.75 Å². The van der Waals surface area contributed by atoms with Gasteiger partial charge >= 0.3 is 0 Å². The van der Waals surface area contributed by atoms with Crippen LogP contribution >= 0.6 is 23.2 Å². The predicted octanol–water partition coefficient (Wildman–Crippen LogP) is 2.76. The Labute approximate surface area is 142 Å². The molecule has 1 aromatic carbocycles. The van der Waals surface area contributed by atoms with Gasteiger partial charge in [0, 0.05) is 19.1 Å². The van der Waals surface area contributed by atoms with E-state index in [0.29, 0.717) is 28.4 Å². The van der Waals surface area contributed by atoms with Crippen molar-refractivity contribution in [3.05, 3.63) is 28.2 Å². The Morgan fingerprint density at radius 2 is 2.05 bits per heavy atom. The number of para-hydroxylation sites is 1. The molecule has 1 aliphatic rings. The first-order chi connectivity index (χ1) is 10.5. The van der Waals surface area contributed by atoms with Crippen LogP contribution in [0.3, 0.4) is 0 Å². The van der Waals surface area contributed by atoms with Gasteiger partial charge in [-0.25, -0.2) is 0 Å². The number of aliphatic hydroxyl groups excluding tert-OH is 1. The topological polar surface area (TPSA) is 35.9 Å². The first kappa shape index (κ1) is 17.8. The number of nitrogens with zero attached hydrogens (tertiary/aromatic N) is 2. The number of piperidine rings is 1. The van der Waals surface area contributed by atoms with Crippen molar-refractivity contribution in [1.82, 2.24) is 9.80 Å². The van der Waals surface area contributed by atoms with Gasteiger partial charge in [0.2, 0.25) is 0 Å². The molecule has 1 saturated heterocycles. The van der Waals surface area contributed by atoms with Crippen molar-refractivity contribution in [2.45, 2.75) is 25.0 Å². The lowest BCUT2D eigenvalue weighted by atomic mass is 10.0. The summed E-state index contributed by atoms with van der Waals surface area (Å²) in [5, 5.41) is 11.1. The Balaban J connectivity index is 1.81. The van der Waals surface area contributed by atoms with E-state index in [9.17, 15) is 5.11 Å². The van der Waals surface area contributed by atoms with Crippen LogP contribution in [0.1, 0.15) is 12.8 Å². The predicted molar refractivity (Wildman–Crippen MR) is 91.1 cm³/mol. The molecule has 0 bridgehead atoms. The maximum Gasteiger partial charge on any atom is 0.156 e. The van der Waals surface area contributed by atoms with Gasteiger partial charge in [0.25, 0.3) is 0 Å². The molecular weight excluding hydrogens is 323 g/mol. The second-order valence-electron chi connectivity index (χ2n) is 6.03. The summed E-state index contributed by atoms with van der Waals surface area (Å²) in [5.41, 5.74) is 0. The van der Waals surface area contributed by atoms with Crippen LogP contribution in [-0.4, -0.2) is 67.4 Å². The Kier molecular flexibility index (Phi) is 6.78. The molecule has 0 aromatic heterocycles. The average Bonchev–Trinajstić information content (AvgIpc) is 2.47. The highest BCUT2D eigenvalue weighted by Crippen LogP contribution is 2.32. The molecule has 2 atom stereocenters. The van der Waals surface area contributed by atoms with E-state index in [1.807, 2.05) is 0 Å². The molecule has 22 heavy (non-hydrogen) atoms. The molecule has 2 unspecified atom stereocenters. The standard InChI is InChI=1S/C16H24Cl2N2O2/c1-19(2)12-5-4-8-20(9-12)10-13(21)11-22-16-14(17)6-3-7-15(16)18/h3,6-7,12-13,21H,4-5,8-11H2,1-2H3. The summed E-state index contributed by atoms with van der Waals surface area (Å²) in [7, 11) is 4.21. The molecule has 1 aromatic rings. The van der Waals surface area contributed by atoms with Crippen LogP contribution in [0.15, 0.2) is 18.2 Å². The largest absolute Gasteiger partial charge is 0.488 e. The summed E-state index contributed by atoms with van der Waals surface area (Å²) in [6.07, 6.45) is 1.81. The van der Waals surface area contributed by atoms with Crippen molar-refractivity contribution in [3.8, 4) is 5.75 Å². The second-order valence-corrected chi connectivity index (χ2v) is 6.85. The van der Waals surface area contributed by atoms with Gasteiger partial charge in [-0.15, -0.1) is 0 Å². The zero-order valence-electron chi connectivity index (χ0n) is 13.1. The lowest BCUT2D eigenvalue weighted by molar-refractivity contribution is 0.0456. The van der Waals surface area contributed by atoms with Crippen LogP contribution in [-0.2, 0) is 0 Å². The van der Waals surface area contributed by atoms with Crippen molar-refractivity contribution in [2.75, 3.05) is 40.3 Å². The Morgan fingerprint density at radius 1 is 1.36 bits per heavy atom. The highest BCUT2D eigenvalue weighted by atomic mass is 35.5. The number of β-amino-alcohol motifs (C(OH)–C–C–N with tert-alkyl or cyclic N) is 1. The third kappa shape index (κ3) is 5.00. The first-order valence-electron chi connectivity index (χ1n) is 7.61. The van der Waals surface area contributed by atoms with Gasteiger partial charge < -0.3 is 14.7 Å². The van der Waals surface area contributed by atoms with E-state index < -0.39 is 6.10 Å². The Hall–Kier alpha value is -0.520. The number of rotatable bonds is 6. The van der Waals surface area contributed by atoms with Crippen molar-refractivity contribution in [2.24, 2.45) is 0 Å². The van der Waals surface area contributed by atoms with Crippen molar-refractivity contribution >= 4 is 23.2 Å². The number of halogens is 2. The molecule has 0 radical (unpaired) electrons. The summed E-state index contributed by atoms with van der Waals surface area (Å²) in [6.45, 7) is 2.80. The summed E-state index contributed by atoms with van der Waals surface area (Å²) < 4.78 is 5.59. The minimum absolute atomic E-state index is 0.187. The number of likely N-dealkylation sites (N-methyl/N-ethyl adjacent to an activating group) is 1. The molecule has 0 saturated carbocycles. The van der Waals surface area contributed by atoms with Crippen LogP contribution in [0.2, 0.25) is 10.0 Å². The third-order valence-electron chi connectivity index (χ3n) is 4.02. The lowest BCUT2D eigenvalue weighted by Gasteiger charge is -2.36. The molecule has 0 spiro atoms. The average molecular weight is 347 g/mol. The molecule has 1 heterocycles. The highest BCUT2D eigenvalue weighted by molar-refractivity contribution is 6.37. The normalized spacial score (nSPS) is 21.1. The number of aliphatic hydroxyl groups is 1. The first-order valence-corrected chi connectivity index (χ1v) is 8.36. The fraction of sp³-hybridized carbons (Fsp3) is 0.625. The Bertz CT molecular complexity index is 465. The monoisotopic (exact) mass is 346 g/mol. The summed E-state index contributed by atoms with van der Waals surface area (Å²) in [4.78, 5) is 4.54. The molecule has 0 aliphatic carbocycles. The second kappa shape index (κ2) is 8.37. The number of hydrogen-bond acceptors (Lipinski definition) is 4. The fourth-order valence-corrected chi connectivity index (χ4v) is 3.28. The maximum absolute atomic E-state index is 10.2. The van der Waals surface area contributed by atoms with Gasteiger partial charge in [-0.05, 0) is 45.6 Å². The summed E-state index contributed by atoms with van der Waals surface area (Å²) in [6, 6.07) is 5.77. The van der Waals surface area contributed by atoms with Gasteiger partial charge in [-0.2, -0.15) is 0 Å². The third-order valence-corrected chi connectivity index (χ3v) is 4.61. The smallest absolute Gasteiger partial charge is 0.156 e. The van der Waals surface area contributed by atoms with Crippen LogP contribution < -0.4 is 4.74 Å². The number of benzene rings is 1. The SMILES string of the molecule is CN(C)C1CCCN(CC(O)COc2c(Cl)cccc2Cl)C1. The number of likely N-dealkylation sites (tertiary alicyclic amines) is 1. The lowest BCUT2D eigenvalue weighted by Crippen LogP contribution is -2.48. The van der Waals surface area contributed by atoms with Crippen LogP contribution in [0.25, 0.3) is 0 Å². The number of ether oxygens (including phenoxy) is 1. The zero-order valence-corrected chi connectivity index (χ0v) is 14.6. The van der Waals surface area contributed by atoms with Crippen LogP contribution in [0.5, 0.6) is 5.75 Å². The minimum atomic E-state index is -0.562. The van der Waals surface area contributed by atoms with Crippen molar-refractivity contribution < 1.29 is 9.84 Å². The molecule has 124 valence electrons. The summed E-state index contributed by atoms with van der Waals surface area (Å²) >= 11 is 12.1. The molecule has 2 rings (SSSR count). The molecule has 6 heteroatoms. The molecular formula is C16H24Cl2N2O2. The van der Waals surface area contributed by atoms with E-state index in [2.05, 4.69) is 23.9 Å². The summed E-state index contributed by atoms with van der Waals surface area (Å²) in [5.74, 6) is 0.440. The van der Waals surface area contributed by atoms with E-state index >= 15 is 0 Å². The Morgan fingerprint density at radius 3 is 2.68 bits per heavy atom. The van der Waals surface area contributed by atoms with Crippen LogP contribution in [0.4, 0.5) is 0 Å². The van der Waals surface area contributed by atoms with Gasteiger partial charge in [0.1, 0.15) is 12.7 Å². The van der Waals surface area contributed by atoms with E-state index in [0.717, 1.165) is 19.5 Å². The molecule has 1 fully saturated rings. The minimum Gasteiger partial charge on any atom is -0.488 e. The van der Waals surface area contributed by atoms with Crippen LogP contribution in [0, 0.1) is 0 Å². The number of hydrogen-bond donors (Lipinski definition) is 1. The van der Waals surface area contributed by atoms with Gasteiger partial charge in [-0.3, -0.25) is 4.90 Å². The maximum atomic E-state index is 10.2. The zero-order chi connectivity index (χ0) is 16.1. The molecule has 0 amide bonds. The van der Waals surface area contributed by atoms with Crippen molar-refractivity contribution in [1.29, 1.82) is 0 Å². The molecule has 4 nitrogen and oxygen atoms in total. The van der Waals surface area contributed by atoms with E-state index in [1.165, 1.54) is 6.42 Å².